The number of rotatable bonds is 4. The first-order chi connectivity index (χ1) is 25.8. The Hall–Kier alpha value is -6.62. The lowest BCUT2D eigenvalue weighted by molar-refractivity contribution is 1.20. The van der Waals surface area contributed by atoms with Crippen LogP contribution in [0.4, 0.5) is 0 Å². The number of aromatic nitrogens is 3. The molecular formula is C48H29N3S. The van der Waals surface area contributed by atoms with E-state index < -0.39 is 0 Å². The first-order valence-corrected chi connectivity index (χ1v) is 18.4. The average Bonchev–Trinajstić information content (AvgIpc) is 3.77. The van der Waals surface area contributed by atoms with Crippen molar-refractivity contribution in [2.45, 2.75) is 0 Å². The molecule has 0 bridgehead atoms. The van der Waals surface area contributed by atoms with Crippen LogP contribution in [-0.2, 0) is 0 Å². The first kappa shape index (κ1) is 29.1. The SMILES string of the molecule is c1ccc(-c2ccc(-c3nc(-c4cc5sc6c(-n7c8ccccc8c8ccccc87)cccc6c5c5ccccc45)nc4ccccc34)cc2)cc1. The predicted molar refractivity (Wildman–Crippen MR) is 221 cm³/mol. The van der Waals surface area contributed by atoms with E-state index >= 15 is 0 Å². The minimum Gasteiger partial charge on any atom is -0.308 e. The van der Waals surface area contributed by atoms with Crippen LogP contribution >= 0.6 is 11.3 Å². The molecule has 3 aromatic heterocycles. The molecule has 8 aromatic carbocycles. The molecule has 0 atom stereocenters. The number of benzene rings is 8. The van der Waals surface area contributed by atoms with Gasteiger partial charge in [0.1, 0.15) is 0 Å². The Kier molecular flexibility index (Phi) is 6.42. The van der Waals surface area contributed by atoms with Crippen molar-refractivity contribution >= 4 is 75.0 Å². The second kappa shape index (κ2) is 11.5. The molecule has 0 unspecified atom stereocenters. The van der Waals surface area contributed by atoms with Gasteiger partial charge in [-0.1, -0.05) is 146 Å². The maximum Gasteiger partial charge on any atom is 0.161 e. The summed E-state index contributed by atoms with van der Waals surface area (Å²) in [5.74, 6) is 0.735. The van der Waals surface area contributed by atoms with Crippen molar-refractivity contribution < 1.29 is 0 Å². The first-order valence-electron chi connectivity index (χ1n) is 17.6. The molecule has 11 rings (SSSR count). The van der Waals surface area contributed by atoms with Crippen LogP contribution in [0.15, 0.2) is 176 Å². The number of thiophene rings is 1. The highest BCUT2D eigenvalue weighted by molar-refractivity contribution is 7.26. The van der Waals surface area contributed by atoms with Crippen molar-refractivity contribution in [3.63, 3.8) is 0 Å². The molecule has 0 spiro atoms. The zero-order chi connectivity index (χ0) is 34.2. The fraction of sp³-hybridized carbons (Fsp3) is 0. The molecule has 0 N–H and O–H groups in total. The van der Waals surface area contributed by atoms with Gasteiger partial charge >= 0.3 is 0 Å². The molecule has 11 aromatic rings. The Morgan fingerprint density at radius 1 is 0.423 bits per heavy atom. The maximum atomic E-state index is 5.37. The lowest BCUT2D eigenvalue weighted by atomic mass is 9.98. The van der Waals surface area contributed by atoms with Crippen LogP contribution in [0.25, 0.3) is 103 Å². The fourth-order valence-corrected chi connectivity index (χ4v) is 9.32. The van der Waals surface area contributed by atoms with Gasteiger partial charge in [0.15, 0.2) is 5.82 Å². The minimum absolute atomic E-state index is 0.735. The molecule has 0 amide bonds. The molecule has 4 heteroatoms. The third-order valence-corrected chi connectivity index (χ3v) is 11.6. The third-order valence-electron chi connectivity index (χ3n) is 10.4. The standard InChI is InChI=1S/C48H29N3S/c1-2-13-30(14-3-1)31-25-27-32(28-26-31)46-37-19-6-9-21-40(37)49-48(50-46)39-29-44-45(36-18-5-4-15-33(36)39)38-20-12-24-43(47(38)52-44)51-41-22-10-7-16-34(41)35-17-8-11-23-42(35)51/h1-29H. The average molecular weight is 680 g/mol. The van der Waals surface area contributed by atoms with Crippen molar-refractivity contribution in [1.82, 2.24) is 14.5 Å². The molecule has 0 aliphatic heterocycles. The van der Waals surface area contributed by atoms with E-state index in [-0.39, 0.29) is 0 Å². The Morgan fingerprint density at radius 2 is 1.00 bits per heavy atom. The van der Waals surface area contributed by atoms with E-state index in [4.69, 9.17) is 9.97 Å². The lowest BCUT2D eigenvalue weighted by Gasteiger charge is -2.12. The summed E-state index contributed by atoms with van der Waals surface area (Å²) in [6.45, 7) is 0. The summed E-state index contributed by atoms with van der Waals surface area (Å²) in [4.78, 5) is 10.6. The molecule has 0 aliphatic carbocycles. The Bertz CT molecular complexity index is 3120. The smallest absolute Gasteiger partial charge is 0.161 e. The van der Waals surface area contributed by atoms with Crippen molar-refractivity contribution in [3.05, 3.63) is 176 Å². The second-order valence-electron chi connectivity index (χ2n) is 13.3. The van der Waals surface area contributed by atoms with Gasteiger partial charge in [-0.15, -0.1) is 11.3 Å². The molecule has 0 saturated carbocycles. The van der Waals surface area contributed by atoms with Gasteiger partial charge < -0.3 is 4.57 Å². The van der Waals surface area contributed by atoms with Crippen LogP contribution < -0.4 is 0 Å². The molecule has 242 valence electrons. The number of nitrogens with zero attached hydrogens (tertiary/aromatic N) is 3. The quantitative estimate of drug-likeness (QED) is 0.185. The van der Waals surface area contributed by atoms with E-state index in [9.17, 15) is 0 Å². The largest absolute Gasteiger partial charge is 0.308 e. The Balaban J connectivity index is 1.15. The van der Waals surface area contributed by atoms with Crippen LogP contribution in [0.1, 0.15) is 0 Å². The Labute approximate surface area is 303 Å². The molecule has 3 heterocycles. The van der Waals surface area contributed by atoms with Crippen LogP contribution in [-0.4, -0.2) is 14.5 Å². The van der Waals surface area contributed by atoms with E-state index in [1.54, 1.807) is 0 Å². The molecule has 0 radical (unpaired) electrons. The predicted octanol–water partition coefficient (Wildman–Crippen LogP) is 13.2. The highest BCUT2D eigenvalue weighted by Crippen LogP contribution is 2.46. The number of hydrogen-bond acceptors (Lipinski definition) is 3. The van der Waals surface area contributed by atoms with Crippen molar-refractivity contribution in [2.24, 2.45) is 0 Å². The van der Waals surface area contributed by atoms with Gasteiger partial charge in [0, 0.05) is 42.8 Å². The zero-order valence-corrected chi connectivity index (χ0v) is 28.8. The van der Waals surface area contributed by atoms with Gasteiger partial charge in [-0.25, -0.2) is 9.97 Å². The highest BCUT2D eigenvalue weighted by Gasteiger charge is 2.20. The van der Waals surface area contributed by atoms with E-state index in [1.165, 1.54) is 64.2 Å². The zero-order valence-electron chi connectivity index (χ0n) is 28.0. The van der Waals surface area contributed by atoms with Crippen LogP contribution in [0.2, 0.25) is 0 Å². The van der Waals surface area contributed by atoms with Gasteiger partial charge in [0.2, 0.25) is 0 Å². The molecule has 0 fully saturated rings. The summed E-state index contributed by atoms with van der Waals surface area (Å²) >= 11 is 1.85. The van der Waals surface area contributed by atoms with Crippen LogP contribution in [0.5, 0.6) is 0 Å². The summed E-state index contributed by atoms with van der Waals surface area (Å²) in [6.07, 6.45) is 0. The van der Waals surface area contributed by atoms with Gasteiger partial charge in [-0.3, -0.25) is 0 Å². The minimum atomic E-state index is 0.735. The lowest BCUT2D eigenvalue weighted by Crippen LogP contribution is -1.96. The summed E-state index contributed by atoms with van der Waals surface area (Å²) in [5, 5.41) is 8.48. The van der Waals surface area contributed by atoms with Crippen LogP contribution in [0, 0.1) is 0 Å². The number of para-hydroxylation sites is 3. The van der Waals surface area contributed by atoms with Gasteiger partial charge in [0.05, 0.1) is 32.6 Å². The molecule has 0 saturated heterocycles. The summed E-state index contributed by atoms with van der Waals surface area (Å²) in [5.41, 5.74) is 10.0. The molecular weight excluding hydrogens is 651 g/mol. The topological polar surface area (TPSA) is 30.7 Å². The molecule has 52 heavy (non-hydrogen) atoms. The summed E-state index contributed by atoms with van der Waals surface area (Å²) < 4.78 is 4.93. The van der Waals surface area contributed by atoms with E-state index in [0.29, 0.717) is 0 Å². The van der Waals surface area contributed by atoms with Crippen molar-refractivity contribution in [2.75, 3.05) is 0 Å². The van der Waals surface area contributed by atoms with Gasteiger partial charge in [-0.05, 0) is 52.2 Å². The van der Waals surface area contributed by atoms with E-state index in [0.717, 1.165) is 38.9 Å². The summed E-state index contributed by atoms with van der Waals surface area (Å²) in [6, 6.07) is 62.9. The second-order valence-corrected chi connectivity index (χ2v) is 14.4. The molecule has 3 nitrogen and oxygen atoms in total. The Morgan fingerprint density at radius 3 is 1.75 bits per heavy atom. The highest BCUT2D eigenvalue weighted by atomic mass is 32.1. The number of fused-ring (bicyclic) bond motifs is 9. The van der Waals surface area contributed by atoms with Crippen molar-refractivity contribution in [1.29, 1.82) is 0 Å². The van der Waals surface area contributed by atoms with Crippen molar-refractivity contribution in [3.8, 4) is 39.5 Å². The van der Waals surface area contributed by atoms with Gasteiger partial charge in [0.25, 0.3) is 0 Å². The molecule has 0 aliphatic rings. The van der Waals surface area contributed by atoms with E-state index in [1.807, 2.05) is 11.3 Å². The number of hydrogen-bond donors (Lipinski definition) is 0. The fourth-order valence-electron chi connectivity index (χ4n) is 8.06. The summed E-state index contributed by atoms with van der Waals surface area (Å²) in [7, 11) is 0. The monoisotopic (exact) mass is 679 g/mol. The van der Waals surface area contributed by atoms with Gasteiger partial charge in [-0.2, -0.15) is 0 Å². The normalized spacial score (nSPS) is 11.8. The van der Waals surface area contributed by atoms with Crippen LogP contribution in [0.3, 0.4) is 0 Å². The van der Waals surface area contributed by atoms with E-state index in [2.05, 4.69) is 180 Å². The maximum absolute atomic E-state index is 5.37. The third kappa shape index (κ3) is 4.38.